The number of halogens is 1. The Hall–Kier alpha value is -2.64. The minimum Gasteiger partial charge on any atom is -0.489 e. The van der Waals surface area contributed by atoms with Gasteiger partial charge in [0.05, 0.1) is 0 Å². The van der Waals surface area contributed by atoms with Crippen molar-refractivity contribution in [3.63, 3.8) is 0 Å². The summed E-state index contributed by atoms with van der Waals surface area (Å²) in [6, 6.07) is 16.1. The maximum atomic E-state index is 12.4. The third kappa shape index (κ3) is 4.41. The number of hydrogen-bond donors (Lipinski definition) is 0. The molecule has 2 aromatic rings. The fourth-order valence-corrected chi connectivity index (χ4v) is 2.34. The van der Waals surface area contributed by atoms with E-state index in [4.69, 9.17) is 4.74 Å². The average Bonchev–Trinajstić information content (AvgIpc) is 2.59. The normalized spacial score (nSPS) is 10.7. The minimum atomic E-state index is -0.317. The molecule has 0 fully saturated rings. The molecule has 0 heterocycles. The predicted molar refractivity (Wildman–Crippen MR) is 94.2 cm³/mol. The van der Waals surface area contributed by atoms with E-state index in [2.05, 4.69) is 22.5 Å². The molecule has 0 bridgehead atoms. The number of rotatable bonds is 6. The summed E-state index contributed by atoms with van der Waals surface area (Å²) < 4.78 is 6.40. The van der Waals surface area contributed by atoms with Crippen LogP contribution >= 0.6 is 15.9 Å². The Morgan fingerprint density at radius 3 is 2.65 bits per heavy atom. The smallest absolute Gasteiger partial charge is 0.203 e. The third-order valence-corrected chi connectivity index (χ3v) is 3.52. The van der Waals surface area contributed by atoms with Gasteiger partial charge in [0.15, 0.2) is 0 Å². The molecule has 0 saturated heterocycles. The van der Waals surface area contributed by atoms with Gasteiger partial charge in [0, 0.05) is 15.6 Å². The highest BCUT2D eigenvalue weighted by atomic mass is 79.9. The number of benzene rings is 2. The maximum absolute atomic E-state index is 12.4. The van der Waals surface area contributed by atoms with Crippen LogP contribution in [0.25, 0.3) is 6.08 Å². The van der Waals surface area contributed by atoms with Gasteiger partial charge in [-0.1, -0.05) is 58.9 Å². The van der Waals surface area contributed by atoms with Gasteiger partial charge < -0.3 is 4.74 Å². The predicted octanol–water partition coefficient (Wildman–Crippen LogP) is 4.80. The summed E-state index contributed by atoms with van der Waals surface area (Å²) in [7, 11) is 0. The van der Waals surface area contributed by atoms with Crippen LogP contribution in [-0.4, -0.2) is 12.4 Å². The summed E-state index contributed by atoms with van der Waals surface area (Å²) >= 11 is 3.39. The summed E-state index contributed by atoms with van der Waals surface area (Å²) in [6.45, 7) is 3.96. The molecule has 0 aliphatic rings. The Kier molecular flexibility index (Phi) is 5.90. The molecule has 0 radical (unpaired) electrons. The highest BCUT2D eigenvalue weighted by Crippen LogP contribution is 2.26. The van der Waals surface area contributed by atoms with Crippen LogP contribution in [0, 0.1) is 11.3 Å². The van der Waals surface area contributed by atoms with E-state index >= 15 is 0 Å². The van der Waals surface area contributed by atoms with Gasteiger partial charge in [0.2, 0.25) is 5.78 Å². The van der Waals surface area contributed by atoms with E-state index in [1.165, 1.54) is 0 Å². The Balaban J connectivity index is 2.42. The Morgan fingerprint density at radius 2 is 2.00 bits per heavy atom. The summed E-state index contributed by atoms with van der Waals surface area (Å²) in [5.74, 6) is 0.268. The summed E-state index contributed by atoms with van der Waals surface area (Å²) in [5, 5.41) is 9.35. The number of allylic oxidation sites excluding steroid dienone is 1. The van der Waals surface area contributed by atoms with Crippen LogP contribution in [0.15, 0.2) is 71.2 Å². The molecule has 0 aromatic heterocycles. The largest absolute Gasteiger partial charge is 0.489 e. The van der Waals surface area contributed by atoms with Crippen molar-refractivity contribution in [1.29, 1.82) is 5.26 Å². The molecule has 2 aromatic carbocycles. The van der Waals surface area contributed by atoms with Gasteiger partial charge in [-0.25, -0.2) is 0 Å². The molecule has 0 N–H and O–H groups in total. The van der Waals surface area contributed by atoms with Crippen LogP contribution in [0.4, 0.5) is 0 Å². The van der Waals surface area contributed by atoms with E-state index in [1.54, 1.807) is 48.6 Å². The molecule has 114 valence electrons. The molecule has 0 unspecified atom stereocenters. The van der Waals surface area contributed by atoms with E-state index in [1.807, 2.05) is 18.2 Å². The number of nitrogens with zero attached hydrogens (tertiary/aromatic N) is 1. The molecule has 4 heteroatoms. The van der Waals surface area contributed by atoms with Crippen LogP contribution in [-0.2, 0) is 0 Å². The topological polar surface area (TPSA) is 50.1 Å². The van der Waals surface area contributed by atoms with E-state index in [0.717, 1.165) is 4.47 Å². The number of ether oxygens (including phenoxy) is 1. The first-order valence-corrected chi connectivity index (χ1v) is 7.70. The lowest BCUT2D eigenvalue weighted by Crippen LogP contribution is -2.02. The van der Waals surface area contributed by atoms with Crippen LogP contribution in [0.3, 0.4) is 0 Å². The van der Waals surface area contributed by atoms with Crippen molar-refractivity contribution in [2.45, 2.75) is 0 Å². The lowest BCUT2D eigenvalue weighted by atomic mass is 10.0. The van der Waals surface area contributed by atoms with Gasteiger partial charge in [0.1, 0.15) is 24.0 Å². The number of ketones is 1. The van der Waals surface area contributed by atoms with Gasteiger partial charge in [0.25, 0.3) is 0 Å². The zero-order valence-corrected chi connectivity index (χ0v) is 13.9. The van der Waals surface area contributed by atoms with Crippen molar-refractivity contribution in [1.82, 2.24) is 0 Å². The molecular formula is C19H14BrNO2. The van der Waals surface area contributed by atoms with Gasteiger partial charge in [-0.3, -0.25) is 4.79 Å². The van der Waals surface area contributed by atoms with Crippen molar-refractivity contribution in [3.05, 3.63) is 82.4 Å². The van der Waals surface area contributed by atoms with Gasteiger partial charge in [-0.15, -0.1) is 0 Å². The van der Waals surface area contributed by atoms with Crippen LogP contribution in [0.2, 0.25) is 0 Å². The Morgan fingerprint density at radius 1 is 1.26 bits per heavy atom. The number of Topliss-reactive ketones (excluding diaryl/α,β-unsaturated/α-hetero) is 1. The van der Waals surface area contributed by atoms with Crippen molar-refractivity contribution in [3.8, 4) is 11.8 Å². The first-order valence-electron chi connectivity index (χ1n) is 6.90. The van der Waals surface area contributed by atoms with Crippen molar-refractivity contribution in [2.24, 2.45) is 0 Å². The third-order valence-electron chi connectivity index (χ3n) is 3.03. The zero-order valence-electron chi connectivity index (χ0n) is 12.3. The molecule has 0 spiro atoms. The fourth-order valence-electron chi connectivity index (χ4n) is 1.96. The SMILES string of the molecule is C=CCOc1ccc(Br)cc1C=C(C#N)C(=O)c1ccccc1. The summed E-state index contributed by atoms with van der Waals surface area (Å²) in [6.07, 6.45) is 3.17. The summed E-state index contributed by atoms with van der Waals surface area (Å²) in [4.78, 5) is 12.4. The second kappa shape index (κ2) is 8.11. The Labute approximate surface area is 143 Å². The fraction of sp³-hybridized carbons (Fsp3) is 0.0526. The van der Waals surface area contributed by atoms with Crippen LogP contribution < -0.4 is 4.74 Å². The second-order valence-electron chi connectivity index (χ2n) is 4.65. The lowest BCUT2D eigenvalue weighted by Gasteiger charge is -2.08. The molecular weight excluding hydrogens is 354 g/mol. The zero-order chi connectivity index (χ0) is 16.7. The molecule has 0 amide bonds. The van der Waals surface area contributed by atoms with Crippen LogP contribution in [0.5, 0.6) is 5.75 Å². The molecule has 2 rings (SSSR count). The number of carbonyl (C=O) groups excluding carboxylic acids is 1. The highest BCUT2D eigenvalue weighted by molar-refractivity contribution is 9.10. The standard InChI is InChI=1S/C19H14BrNO2/c1-2-10-23-18-9-8-17(20)12-15(18)11-16(13-21)19(22)14-6-4-3-5-7-14/h2-9,11-12H,1,10H2. The maximum Gasteiger partial charge on any atom is 0.203 e. The molecule has 0 atom stereocenters. The highest BCUT2D eigenvalue weighted by Gasteiger charge is 2.13. The van der Waals surface area contributed by atoms with Crippen molar-refractivity contribution in [2.75, 3.05) is 6.61 Å². The monoisotopic (exact) mass is 367 g/mol. The molecule has 0 saturated carbocycles. The summed E-state index contributed by atoms with van der Waals surface area (Å²) in [5.41, 5.74) is 1.18. The van der Waals surface area contributed by atoms with E-state index in [9.17, 15) is 10.1 Å². The van der Waals surface area contributed by atoms with Gasteiger partial charge in [-0.2, -0.15) is 5.26 Å². The number of nitriles is 1. The van der Waals surface area contributed by atoms with E-state index in [0.29, 0.717) is 23.5 Å². The molecule has 23 heavy (non-hydrogen) atoms. The Bertz CT molecular complexity index is 789. The second-order valence-corrected chi connectivity index (χ2v) is 5.56. The van der Waals surface area contributed by atoms with E-state index in [-0.39, 0.29) is 11.4 Å². The number of hydrogen-bond acceptors (Lipinski definition) is 3. The molecule has 3 nitrogen and oxygen atoms in total. The number of carbonyl (C=O) groups is 1. The average molecular weight is 368 g/mol. The lowest BCUT2D eigenvalue weighted by molar-refractivity contribution is 0.104. The first kappa shape index (κ1) is 16.7. The van der Waals surface area contributed by atoms with E-state index < -0.39 is 0 Å². The first-order chi connectivity index (χ1) is 11.2. The molecule has 0 aliphatic carbocycles. The van der Waals surface area contributed by atoms with Gasteiger partial charge in [-0.05, 0) is 24.3 Å². The quantitative estimate of drug-likeness (QED) is 0.318. The van der Waals surface area contributed by atoms with Gasteiger partial charge >= 0.3 is 0 Å². The van der Waals surface area contributed by atoms with Crippen LogP contribution in [0.1, 0.15) is 15.9 Å². The minimum absolute atomic E-state index is 0.0535. The molecule has 0 aliphatic heterocycles. The van der Waals surface area contributed by atoms with Crippen molar-refractivity contribution < 1.29 is 9.53 Å². The van der Waals surface area contributed by atoms with Crippen molar-refractivity contribution >= 4 is 27.8 Å².